The molecule has 164 valence electrons. The third-order valence-corrected chi connectivity index (χ3v) is 8.25. The number of carbonyl (C=O) groups excluding carboxylic acids is 1. The maximum Gasteiger partial charge on any atom is 0.238 e. The van der Waals surface area contributed by atoms with E-state index in [-0.39, 0.29) is 10.8 Å². The van der Waals surface area contributed by atoms with Gasteiger partial charge in [-0.2, -0.15) is 0 Å². The van der Waals surface area contributed by atoms with Crippen molar-refractivity contribution in [2.24, 2.45) is 5.14 Å². The zero-order valence-corrected chi connectivity index (χ0v) is 19.9. The van der Waals surface area contributed by atoms with E-state index in [4.69, 9.17) is 9.88 Å². The van der Waals surface area contributed by atoms with Crippen molar-refractivity contribution < 1.29 is 17.9 Å². The van der Waals surface area contributed by atoms with Gasteiger partial charge < -0.3 is 10.1 Å². The first kappa shape index (κ1) is 23.5. The van der Waals surface area contributed by atoms with Crippen LogP contribution in [0.1, 0.15) is 12.5 Å². The van der Waals surface area contributed by atoms with Gasteiger partial charge in [-0.05, 0) is 48.9 Å². The quantitative estimate of drug-likeness (QED) is 0.431. The van der Waals surface area contributed by atoms with E-state index in [1.807, 2.05) is 24.3 Å². The number of hydrogen-bond donors (Lipinski definition) is 2. The van der Waals surface area contributed by atoms with E-state index in [2.05, 4.69) is 15.5 Å². The number of sulfonamides is 1. The number of carbonyl (C=O) groups is 1. The van der Waals surface area contributed by atoms with E-state index in [1.54, 1.807) is 25.8 Å². The van der Waals surface area contributed by atoms with E-state index in [0.717, 1.165) is 21.4 Å². The second-order valence-corrected chi connectivity index (χ2v) is 11.6. The number of ether oxygens (including phenoxy) is 1. The zero-order valence-electron chi connectivity index (χ0n) is 16.6. The summed E-state index contributed by atoms with van der Waals surface area (Å²) in [4.78, 5) is 12.4. The smallest absolute Gasteiger partial charge is 0.238 e. The van der Waals surface area contributed by atoms with Crippen molar-refractivity contribution in [3.8, 4) is 5.75 Å². The minimum absolute atomic E-state index is 0.0125. The van der Waals surface area contributed by atoms with Crippen molar-refractivity contribution >= 4 is 56.5 Å². The molecule has 0 unspecified atom stereocenters. The first-order valence-electron chi connectivity index (χ1n) is 8.94. The van der Waals surface area contributed by atoms with Gasteiger partial charge in [-0.15, -0.1) is 10.2 Å². The lowest BCUT2D eigenvalue weighted by atomic mass is 10.2. The summed E-state index contributed by atoms with van der Waals surface area (Å²) in [5.41, 5.74) is 1.63. The van der Waals surface area contributed by atoms with Crippen LogP contribution in [0, 0.1) is 0 Å². The van der Waals surface area contributed by atoms with Crippen molar-refractivity contribution in [3.63, 3.8) is 0 Å². The molecule has 0 aliphatic heterocycles. The number of primary sulfonamides is 1. The first-order chi connectivity index (χ1) is 14.7. The molecule has 3 aromatic rings. The van der Waals surface area contributed by atoms with Crippen LogP contribution in [0.2, 0.25) is 0 Å². The second kappa shape index (κ2) is 10.5. The molecule has 0 saturated carbocycles. The standard InChI is InChI=1S/C19H20N4O4S4/c1-12(17(24)21-14-5-9-16(10-6-14)31(20,25)26)29-19-23-22-18(30-19)28-11-13-3-7-15(27-2)8-4-13/h3-10,12H,11H2,1-2H3,(H,21,24)(H2,20,25,26)/t12-/m0/s1. The Labute approximate surface area is 193 Å². The largest absolute Gasteiger partial charge is 0.497 e. The molecule has 0 saturated heterocycles. The van der Waals surface area contributed by atoms with Crippen molar-refractivity contribution in [1.82, 2.24) is 10.2 Å². The van der Waals surface area contributed by atoms with Crippen LogP contribution in [0.15, 0.2) is 62.1 Å². The van der Waals surface area contributed by atoms with E-state index in [1.165, 1.54) is 47.4 Å². The van der Waals surface area contributed by atoms with Gasteiger partial charge in [0, 0.05) is 11.4 Å². The van der Waals surface area contributed by atoms with Gasteiger partial charge in [0.1, 0.15) is 5.75 Å². The Morgan fingerprint density at radius 1 is 1.13 bits per heavy atom. The molecule has 3 rings (SSSR count). The van der Waals surface area contributed by atoms with Crippen LogP contribution in [0.4, 0.5) is 5.69 Å². The monoisotopic (exact) mass is 496 g/mol. The van der Waals surface area contributed by atoms with E-state index in [0.29, 0.717) is 10.0 Å². The summed E-state index contributed by atoms with van der Waals surface area (Å²) in [6.45, 7) is 1.77. The van der Waals surface area contributed by atoms with Crippen LogP contribution in [-0.4, -0.2) is 36.9 Å². The van der Waals surface area contributed by atoms with Gasteiger partial charge in [0.15, 0.2) is 8.68 Å². The third kappa shape index (κ3) is 6.94. The molecule has 0 bridgehead atoms. The van der Waals surface area contributed by atoms with Gasteiger partial charge in [-0.1, -0.05) is 47.0 Å². The number of nitrogens with zero attached hydrogens (tertiary/aromatic N) is 2. The number of benzene rings is 2. The highest BCUT2D eigenvalue weighted by atomic mass is 32.2. The molecule has 31 heavy (non-hydrogen) atoms. The molecular formula is C19H20N4O4S4. The Morgan fingerprint density at radius 3 is 2.39 bits per heavy atom. The highest BCUT2D eigenvalue weighted by molar-refractivity contribution is 8.03. The number of hydrogen-bond acceptors (Lipinski definition) is 9. The molecule has 1 amide bonds. The lowest BCUT2D eigenvalue weighted by Gasteiger charge is -2.10. The van der Waals surface area contributed by atoms with Crippen LogP contribution >= 0.6 is 34.9 Å². The van der Waals surface area contributed by atoms with Crippen LogP contribution in [0.3, 0.4) is 0 Å². The predicted octanol–water partition coefficient (Wildman–Crippen LogP) is 3.61. The fourth-order valence-electron chi connectivity index (χ4n) is 2.35. The zero-order chi connectivity index (χ0) is 22.4. The maximum absolute atomic E-state index is 12.4. The van der Waals surface area contributed by atoms with E-state index in [9.17, 15) is 13.2 Å². The Morgan fingerprint density at radius 2 is 1.77 bits per heavy atom. The number of methoxy groups -OCH3 is 1. The minimum Gasteiger partial charge on any atom is -0.497 e. The number of nitrogens with one attached hydrogen (secondary N) is 1. The molecule has 0 aliphatic carbocycles. The van der Waals surface area contributed by atoms with Crippen molar-refractivity contribution in [1.29, 1.82) is 0 Å². The number of thioether (sulfide) groups is 2. The summed E-state index contributed by atoms with van der Waals surface area (Å²) in [5, 5.41) is 15.7. The molecule has 3 N–H and O–H groups in total. The van der Waals surface area contributed by atoms with Crippen LogP contribution in [0.5, 0.6) is 5.75 Å². The molecule has 0 radical (unpaired) electrons. The second-order valence-electron chi connectivity index (χ2n) is 6.29. The fraction of sp³-hybridized carbons (Fsp3) is 0.211. The molecule has 0 aliphatic rings. The van der Waals surface area contributed by atoms with Gasteiger partial charge in [0.25, 0.3) is 0 Å². The minimum atomic E-state index is -3.77. The normalized spacial score (nSPS) is 12.4. The number of anilines is 1. The van der Waals surface area contributed by atoms with Crippen molar-refractivity contribution in [2.45, 2.75) is 31.5 Å². The van der Waals surface area contributed by atoms with Crippen LogP contribution in [-0.2, 0) is 20.6 Å². The number of amides is 1. The summed E-state index contributed by atoms with van der Waals surface area (Å²) in [6.07, 6.45) is 0. The average Bonchev–Trinajstić information content (AvgIpc) is 3.19. The van der Waals surface area contributed by atoms with Gasteiger partial charge in [-0.25, -0.2) is 13.6 Å². The molecule has 1 atom stereocenters. The summed E-state index contributed by atoms with van der Waals surface area (Å²) in [7, 11) is -2.13. The van der Waals surface area contributed by atoms with E-state index < -0.39 is 15.3 Å². The molecule has 0 spiro atoms. The van der Waals surface area contributed by atoms with Crippen LogP contribution in [0.25, 0.3) is 0 Å². The molecule has 1 aromatic heterocycles. The summed E-state index contributed by atoms with van der Waals surface area (Å²) >= 11 is 4.33. The fourth-order valence-corrected chi connectivity index (χ4v) is 5.98. The summed E-state index contributed by atoms with van der Waals surface area (Å²) < 4.78 is 29.3. The molecule has 12 heteroatoms. The highest BCUT2D eigenvalue weighted by Gasteiger charge is 2.18. The predicted molar refractivity (Wildman–Crippen MR) is 124 cm³/mol. The third-order valence-electron chi connectivity index (χ3n) is 4.01. The van der Waals surface area contributed by atoms with Gasteiger partial charge >= 0.3 is 0 Å². The Hall–Kier alpha value is -2.12. The number of rotatable bonds is 9. The molecule has 8 nitrogen and oxygen atoms in total. The maximum atomic E-state index is 12.4. The van der Waals surface area contributed by atoms with Crippen molar-refractivity contribution in [2.75, 3.05) is 12.4 Å². The van der Waals surface area contributed by atoms with Crippen LogP contribution < -0.4 is 15.2 Å². The van der Waals surface area contributed by atoms with Gasteiger partial charge in [0.2, 0.25) is 15.9 Å². The Kier molecular flexibility index (Phi) is 7.94. The molecule has 2 aromatic carbocycles. The number of nitrogens with two attached hydrogens (primary N) is 1. The Balaban J connectivity index is 1.51. The molecular weight excluding hydrogens is 477 g/mol. The average molecular weight is 497 g/mol. The van der Waals surface area contributed by atoms with E-state index >= 15 is 0 Å². The number of aromatic nitrogens is 2. The molecule has 0 fully saturated rings. The van der Waals surface area contributed by atoms with Gasteiger partial charge in [-0.3, -0.25) is 4.79 Å². The lowest BCUT2D eigenvalue weighted by molar-refractivity contribution is -0.115. The van der Waals surface area contributed by atoms with Gasteiger partial charge in [0.05, 0.1) is 17.3 Å². The highest BCUT2D eigenvalue weighted by Crippen LogP contribution is 2.33. The SMILES string of the molecule is COc1ccc(CSc2nnc(S[C@@H](C)C(=O)Nc3ccc(S(N)(=O)=O)cc3)s2)cc1. The molecule has 1 heterocycles. The summed E-state index contributed by atoms with van der Waals surface area (Å²) in [5.74, 6) is 1.35. The topological polar surface area (TPSA) is 124 Å². The lowest BCUT2D eigenvalue weighted by Crippen LogP contribution is -2.22. The first-order valence-corrected chi connectivity index (χ1v) is 13.2. The Bertz CT molecular complexity index is 1130. The summed E-state index contributed by atoms with van der Waals surface area (Å²) in [6, 6.07) is 13.5. The van der Waals surface area contributed by atoms with Crippen molar-refractivity contribution in [3.05, 3.63) is 54.1 Å².